The Bertz CT molecular complexity index is 220. The third kappa shape index (κ3) is 38.2. The molecule has 0 heteroatoms. The van der Waals surface area contributed by atoms with Gasteiger partial charge in [-0.25, -0.2) is 0 Å². The first kappa shape index (κ1) is 28.4. The summed E-state index contributed by atoms with van der Waals surface area (Å²) in [6.45, 7) is 25.1. The molecule has 0 aromatic rings. The lowest BCUT2D eigenvalue weighted by Crippen LogP contribution is -1.86. The van der Waals surface area contributed by atoms with Crippen LogP contribution in [0.25, 0.3) is 0 Å². The minimum atomic E-state index is 0.552. The minimum absolute atomic E-state index is 0.552. The van der Waals surface area contributed by atoms with E-state index in [1.807, 2.05) is 20.8 Å². The van der Waals surface area contributed by atoms with Gasteiger partial charge in [0.05, 0.1) is 0 Å². The highest BCUT2D eigenvalue weighted by molar-refractivity contribution is 5.25. The van der Waals surface area contributed by atoms with Gasteiger partial charge in [-0.15, -0.1) is 0 Å². The lowest BCUT2D eigenvalue weighted by molar-refractivity contribution is 0.795. The minimum Gasteiger partial charge on any atom is -0.0956 e. The van der Waals surface area contributed by atoms with Crippen LogP contribution >= 0.6 is 0 Å². The van der Waals surface area contributed by atoms with E-state index in [1.54, 1.807) is 0 Å². The summed E-state index contributed by atoms with van der Waals surface area (Å²) in [5.41, 5.74) is 2.47. The molecule has 0 aliphatic carbocycles. The first-order valence-corrected chi connectivity index (χ1v) is 8.90. The van der Waals surface area contributed by atoms with Crippen molar-refractivity contribution in [1.82, 2.24) is 0 Å². The van der Waals surface area contributed by atoms with Crippen molar-refractivity contribution in [2.45, 2.75) is 94.9 Å². The summed E-state index contributed by atoms with van der Waals surface area (Å²) >= 11 is 0. The van der Waals surface area contributed by atoms with E-state index in [9.17, 15) is 0 Å². The van der Waals surface area contributed by atoms with Crippen LogP contribution in [0, 0.1) is 5.92 Å². The maximum atomic E-state index is 3.95. The van der Waals surface area contributed by atoms with Crippen LogP contribution in [0.2, 0.25) is 0 Å². The van der Waals surface area contributed by atoms with Gasteiger partial charge in [0.2, 0.25) is 0 Å². The Morgan fingerprint density at radius 1 is 0.857 bits per heavy atom. The average molecular weight is 297 g/mol. The Kier molecular flexibility index (Phi) is 37.2. The second kappa shape index (κ2) is 27.5. The van der Waals surface area contributed by atoms with Crippen LogP contribution in [0.4, 0.5) is 0 Å². The molecule has 128 valence electrons. The molecule has 0 nitrogen and oxygen atoms in total. The fraction of sp³-hybridized carbons (Fsp3) is 0.714. The Labute approximate surface area is 137 Å². The van der Waals surface area contributed by atoms with Crippen LogP contribution in [0.15, 0.2) is 36.0 Å². The van der Waals surface area contributed by atoms with Crippen LogP contribution in [0.3, 0.4) is 0 Å². The summed E-state index contributed by atoms with van der Waals surface area (Å²) in [4.78, 5) is 0. The number of rotatable bonds is 5. The topological polar surface area (TPSA) is 0 Å². The van der Waals surface area contributed by atoms with Gasteiger partial charge in [0, 0.05) is 0 Å². The summed E-state index contributed by atoms with van der Waals surface area (Å²) in [5.74, 6) is 0.552. The van der Waals surface area contributed by atoms with Crippen molar-refractivity contribution in [2.24, 2.45) is 5.92 Å². The van der Waals surface area contributed by atoms with Crippen LogP contribution < -0.4 is 0 Å². The highest BCUT2D eigenvalue weighted by atomic mass is 14.0. The zero-order valence-electron chi connectivity index (χ0n) is 16.8. The summed E-state index contributed by atoms with van der Waals surface area (Å²) < 4.78 is 0. The van der Waals surface area contributed by atoms with Gasteiger partial charge in [0.25, 0.3) is 0 Å². The van der Waals surface area contributed by atoms with Gasteiger partial charge in [-0.1, -0.05) is 117 Å². The molecule has 0 heterocycles. The summed E-state index contributed by atoms with van der Waals surface area (Å²) in [6.07, 6.45) is 11.5. The number of allylic oxidation sites excluding steroid dienone is 5. The fourth-order valence-electron chi connectivity index (χ4n) is 0.527. The Morgan fingerprint density at radius 3 is 1.38 bits per heavy atom. The molecule has 0 aliphatic heterocycles. The van der Waals surface area contributed by atoms with E-state index in [2.05, 4.69) is 73.3 Å². The van der Waals surface area contributed by atoms with Gasteiger partial charge >= 0.3 is 0 Å². The van der Waals surface area contributed by atoms with Crippen LogP contribution in [0.5, 0.6) is 0 Å². The molecule has 0 radical (unpaired) electrons. The van der Waals surface area contributed by atoms with E-state index < -0.39 is 0 Å². The van der Waals surface area contributed by atoms with E-state index in [0.717, 1.165) is 0 Å². The molecule has 0 unspecified atom stereocenters. The molecule has 0 aromatic carbocycles. The lowest BCUT2D eigenvalue weighted by atomic mass is 10.0. The van der Waals surface area contributed by atoms with Crippen molar-refractivity contribution < 1.29 is 0 Å². The molecule has 0 N–H and O–H groups in total. The molecule has 0 atom stereocenters. The van der Waals surface area contributed by atoms with E-state index in [-0.39, 0.29) is 0 Å². The Balaban J connectivity index is -0.000000119. The van der Waals surface area contributed by atoms with Crippen molar-refractivity contribution in [3.63, 3.8) is 0 Å². The summed E-state index contributed by atoms with van der Waals surface area (Å²) in [6, 6.07) is 0. The van der Waals surface area contributed by atoms with Crippen molar-refractivity contribution in [2.75, 3.05) is 0 Å². The quantitative estimate of drug-likeness (QED) is 0.447. The largest absolute Gasteiger partial charge is 0.0956 e. The maximum absolute atomic E-state index is 3.95. The Morgan fingerprint density at radius 2 is 1.19 bits per heavy atom. The second-order valence-corrected chi connectivity index (χ2v) is 5.10. The highest BCUT2D eigenvalue weighted by Crippen LogP contribution is 2.09. The number of unbranched alkanes of at least 4 members (excludes halogenated alkanes) is 2. The molecule has 0 saturated carbocycles. The average Bonchev–Trinajstić information content (AvgIpc) is 2.54. The van der Waals surface area contributed by atoms with Gasteiger partial charge in [0.1, 0.15) is 0 Å². The molecular weight excluding hydrogens is 252 g/mol. The van der Waals surface area contributed by atoms with Gasteiger partial charge < -0.3 is 0 Å². The van der Waals surface area contributed by atoms with Gasteiger partial charge in [-0.2, -0.15) is 0 Å². The molecule has 0 rings (SSSR count). The highest BCUT2D eigenvalue weighted by Gasteiger charge is 1.93. The van der Waals surface area contributed by atoms with Crippen molar-refractivity contribution in [3.05, 3.63) is 36.0 Å². The van der Waals surface area contributed by atoms with E-state index >= 15 is 0 Å². The van der Waals surface area contributed by atoms with Crippen LogP contribution in [0.1, 0.15) is 94.9 Å². The summed E-state index contributed by atoms with van der Waals surface area (Å²) in [5, 5.41) is 0. The molecule has 21 heavy (non-hydrogen) atoms. The van der Waals surface area contributed by atoms with Crippen molar-refractivity contribution >= 4 is 0 Å². The molecule has 0 aromatic heterocycles. The van der Waals surface area contributed by atoms with Crippen molar-refractivity contribution in [1.29, 1.82) is 0 Å². The van der Waals surface area contributed by atoms with E-state index in [4.69, 9.17) is 0 Å². The standard InChI is InChI=1S/C11H18.2C4H10.C2H6/c1-6-10(4)7-8-11(5)9(2)3;2*1-3-4-2;1-2/h6-9H,5H2,1-4H3;2*3-4H2,1-2H3;1-2H3/b8-7-,10-6-;;;. The number of hydrogen-bond acceptors (Lipinski definition) is 0. The predicted molar refractivity (Wildman–Crippen MR) is 105 cm³/mol. The lowest BCUT2D eigenvalue weighted by Gasteiger charge is -2.02. The molecule has 0 bridgehead atoms. The van der Waals surface area contributed by atoms with Crippen LogP contribution in [-0.2, 0) is 0 Å². The Hall–Kier alpha value is -0.780. The smallest absolute Gasteiger partial charge is 0.0225 e. The van der Waals surface area contributed by atoms with Gasteiger partial charge in [-0.3, -0.25) is 0 Å². The molecule has 0 fully saturated rings. The van der Waals surface area contributed by atoms with Gasteiger partial charge in [-0.05, 0) is 19.8 Å². The van der Waals surface area contributed by atoms with E-state index in [0.29, 0.717) is 5.92 Å². The summed E-state index contributed by atoms with van der Waals surface area (Å²) in [7, 11) is 0. The monoisotopic (exact) mass is 296 g/mol. The number of hydrogen-bond donors (Lipinski definition) is 0. The maximum Gasteiger partial charge on any atom is -0.0225 e. The predicted octanol–water partition coefficient (Wildman–Crippen LogP) is 8.36. The van der Waals surface area contributed by atoms with Crippen LogP contribution in [-0.4, -0.2) is 0 Å². The molecule has 0 spiro atoms. The van der Waals surface area contributed by atoms with E-state index in [1.165, 1.54) is 36.8 Å². The SMILES string of the molecule is C=C(/C=C\C(C)=C/C)C(C)C.CC.CCCC.CCCC. The molecular formula is C21H44. The first-order valence-electron chi connectivity index (χ1n) is 8.90. The third-order valence-electron chi connectivity index (χ3n) is 2.76. The van der Waals surface area contributed by atoms with Crippen molar-refractivity contribution in [3.8, 4) is 0 Å². The first-order chi connectivity index (χ1) is 9.90. The second-order valence-electron chi connectivity index (χ2n) is 5.10. The molecule has 0 amide bonds. The normalized spacial score (nSPS) is 9.95. The molecule has 0 saturated heterocycles. The molecule has 0 aliphatic rings. The zero-order chi connectivity index (χ0) is 17.7. The zero-order valence-corrected chi connectivity index (χ0v) is 16.8. The van der Waals surface area contributed by atoms with Gasteiger partial charge in [0.15, 0.2) is 0 Å². The third-order valence-corrected chi connectivity index (χ3v) is 2.76. The fourth-order valence-corrected chi connectivity index (χ4v) is 0.527.